The van der Waals surface area contributed by atoms with Gasteiger partial charge in [-0.05, 0) is 36.4 Å². The SMILES string of the molecule is COc1ccc(-c2nc(SCC(=O)Nc3c(C#N)oc4ccccc34)n[nH]2)cc1. The van der Waals surface area contributed by atoms with Gasteiger partial charge >= 0.3 is 0 Å². The normalized spacial score (nSPS) is 10.6. The number of benzene rings is 2. The third kappa shape index (κ3) is 3.93. The van der Waals surface area contributed by atoms with Crippen molar-refractivity contribution in [2.45, 2.75) is 5.16 Å². The van der Waals surface area contributed by atoms with Gasteiger partial charge in [0.2, 0.25) is 16.8 Å². The number of carbonyl (C=O) groups is 1. The zero-order chi connectivity index (χ0) is 20.2. The molecule has 0 fully saturated rings. The molecule has 0 spiro atoms. The lowest BCUT2D eigenvalue weighted by molar-refractivity contribution is -0.113. The number of furan rings is 1. The van der Waals surface area contributed by atoms with Gasteiger partial charge in [-0.25, -0.2) is 4.98 Å². The fourth-order valence-corrected chi connectivity index (χ4v) is 3.34. The molecule has 144 valence electrons. The maximum Gasteiger partial charge on any atom is 0.234 e. The van der Waals surface area contributed by atoms with Gasteiger partial charge in [0.05, 0.1) is 12.9 Å². The van der Waals surface area contributed by atoms with Gasteiger partial charge in [0.15, 0.2) is 5.82 Å². The zero-order valence-electron chi connectivity index (χ0n) is 15.3. The van der Waals surface area contributed by atoms with Crippen molar-refractivity contribution in [1.29, 1.82) is 5.26 Å². The molecule has 0 aliphatic rings. The minimum atomic E-state index is -0.283. The number of hydrogen-bond donors (Lipinski definition) is 2. The standard InChI is InChI=1S/C20H15N5O3S/c1-27-13-8-6-12(7-9-13)19-23-20(25-24-19)29-11-17(26)22-18-14-4-2-3-5-15(14)28-16(18)10-21/h2-9H,11H2,1H3,(H,22,26)(H,23,24,25). The number of nitrogens with zero attached hydrogens (tertiary/aromatic N) is 3. The molecule has 4 aromatic rings. The van der Waals surface area contributed by atoms with E-state index in [1.807, 2.05) is 36.4 Å². The van der Waals surface area contributed by atoms with Crippen LogP contribution in [0.5, 0.6) is 5.75 Å². The molecule has 0 saturated carbocycles. The maximum absolute atomic E-state index is 12.4. The molecule has 0 unspecified atom stereocenters. The number of aromatic nitrogens is 3. The van der Waals surface area contributed by atoms with Crippen LogP contribution in [-0.4, -0.2) is 34.0 Å². The predicted molar refractivity (Wildman–Crippen MR) is 109 cm³/mol. The number of H-pyrrole nitrogens is 1. The number of anilines is 1. The summed E-state index contributed by atoms with van der Waals surface area (Å²) in [7, 11) is 1.61. The Balaban J connectivity index is 1.42. The molecule has 0 aliphatic carbocycles. The zero-order valence-corrected chi connectivity index (χ0v) is 16.1. The number of nitrogens with one attached hydrogen (secondary N) is 2. The van der Waals surface area contributed by atoms with Gasteiger partial charge in [0, 0.05) is 10.9 Å². The van der Waals surface area contributed by atoms with Crippen molar-refractivity contribution in [3.8, 4) is 23.2 Å². The van der Waals surface area contributed by atoms with Crippen molar-refractivity contribution >= 4 is 34.3 Å². The van der Waals surface area contributed by atoms with Crippen LogP contribution in [0.2, 0.25) is 0 Å². The Morgan fingerprint density at radius 2 is 2.07 bits per heavy atom. The van der Waals surface area contributed by atoms with Crippen LogP contribution < -0.4 is 10.1 Å². The summed E-state index contributed by atoms with van der Waals surface area (Å²) in [5.41, 5.74) is 1.78. The van der Waals surface area contributed by atoms with Gasteiger partial charge in [-0.2, -0.15) is 5.26 Å². The molecule has 8 nitrogen and oxygen atoms in total. The molecule has 2 N–H and O–H groups in total. The minimum absolute atomic E-state index is 0.0734. The monoisotopic (exact) mass is 405 g/mol. The number of ether oxygens (including phenoxy) is 1. The first-order chi connectivity index (χ1) is 14.2. The van der Waals surface area contributed by atoms with Crippen molar-refractivity contribution in [3.05, 3.63) is 54.3 Å². The Kier molecular flexibility index (Phi) is 5.18. The van der Waals surface area contributed by atoms with Gasteiger partial charge in [0.25, 0.3) is 0 Å². The number of nitriles is 1. The van der Waals surface area contributed by atoms with E-state index in [9.17, 15) is 10.1 Å². The van der Waals surface area contributed by atoms with Crippen LogP contribution in [0, 0.1) is 11.3 Å². The van der Waals surface area contributed by atoms with Crippen LogP contribution in [0.4, 0.5) is 5.69 Å². The number of carbonyl (C=O) groups excluding carboxylic acids is 1. The number of rotatable bonds is 6. The van der Waals surface area contributed by atoms with Gasteiger partial charge in [-0.1, -0.05) is 23.9 Å². The molecule has 29 heavy (non-hydrogen) atoms. The Hall–Kier alpha value is -3.77. The van der Waals surface area contributed by atoms with E-state index in [4.69, 9.17) is 9.15 Å². The summed E-state index contributed by atoms with van der Waals surface area (Å²) in [5.74, 6) is 1.23. The Morgan fingerprint density at radius 1 is 1.28 bits per heavy atom. The van der Waals surface area contributed by atoms with E-state index in [1.165, 1.54) is 11.8 Å². The first-order valence-electron chi connectivity index (χ1n) is 8.59. The van der Waals surface area contributed by atoms with E-state index in [-0.39, 0.29) is 17.4 Å². The van der Waals surface area contributed by atoms with Crippen molar-refractivity contribution in [2.75, 3.05) is 18.2 Å². The first-order valence-corrected chi connectivity index (χ1v) is 9.57. The highest BCUT2D eigenvalue weighted by atomic mass is 32.2. The van der Waals surface area contributed by atoms with Crippen LogP contribution in [0.15, 0.2) is 58.1 Å². The van der Waals surface area contributed by atoms with E-state index in [0.29, 0.717) is 27.6 Å². The lowest BCUT2D eigenvalue weighted by Crippen LogP contribution is -2.14. The van der Waals surface area contributed by atoms with Crippen molar-refractivity contribution in [1.82, 2.24) is 15.2 Å². The van der Waals surface area contributed by atoms with Crippen LogP contribution in [0.1, 0.15) is 5.76 Å². The molecule has 2 aromatic heterocycles. The molecule has 0 atom stereocenters. The minimum Gasteiger partial charge on any atom is -0.497 e. The van der Waals surface area contributed by atoms with Gasteiger partial charge in [-0.3, -0.25) is 9.89 Å². The van der Waals surface area contributed by atoms with Gasteiger partial charge < -0.3 is 14.5 Å². The Labute approximate surface area is 169 Å². The molecule has 2 heterocycles. The average molecular weight is 405 g/mol. The molecular formula is C20H15N5O3S. The van der Waals surface area contributed by atoms with Crippen molar-refractivity contribution < 1.29 is 13.9 Å². The molecule has 0 radical (unpaired) electrons. The number of aromatic amines is 1. The van der Waals surface area contributed by atoms with Crippen LogP contribution in [0.3, 0.4) is 0 Å². The Bertz CT molecular complexity index is 1210. The second kappa shape index (κ2) is 8.08. The summed E-state index contributed by atoms with van der Waals surface area (Å²) in [5, 5.41) is 20.1. The molecular weight excluding hydrogens is 390 g/mol. The van der Waals surface area contributed by atoms with E-state index in [2.05, 4.69) is 20.5 Å². The summed E-state index contributed by atoms with van der Waals surface area (Å²) in [6, 6.07) is 16.5. The highest BCUT2D eigenvalue weighted by molar-refractivity contribution is 7.99. The third-order valence-electron chi connectivity index (χ3n) is 4.12. The van der Waals surface area contributed by atoms with Crippen molar-refractivity contribution in [3.63, 3.8) is 0 Å². The molecule has 4 rings (SSSR count). The fourth-order valence-electron chi connectivity index (χ4n) is 2.74. The topological polar surface area (TPSA) is 117 Å². The number of methoxy groups -OCH3 is 1. The second-order valence-corrected chi connectivity index (χ2v) is 6.89. The van der Waals surface area contributed by atoms with E-state index < -0.39 is 0 Å². The average Bonchev–Trinajstić information content (AvgIpc) is 3.37. The highest BCUT2D eigenvalue weighted by Crippen LogP contribution is 2.30. The van der Waals surface area contributed by atoms with Gasteiger partial charge in [-0.15, -0.1) is 5.10 Å². The van der Waals surface area contributed by atoms with E-state index in [1.54, 1.807) is 25.3 Å². The number of thioether (sulfide) groups is 1. The predicted octanol–water partition coefficient (Wildman–Crippen LogP) is 3.83. The fraction of sp³-hybridized carbons (Fsp3) is 0.100. The van der Waals surface area contributed by atoms with E-state index >= 15 is 0 Å². The molecule has 1 amide bonds. The second-order valence-electron chi connectivity index (χ2n) is 5.95. The maximum atomic E-state index is 12.4. The smallest absolute Gasteiger partial charge is 0.234 e. The largest absolute Gasteiger partial charge is 0.497 e. The summed E-state index contributed by atoms with van der Waals surface area (Å²) in [6.07, 6.45) is 0. The number of para-hydroxylation sites is 1. The summed E-state index contributed by atoms with van der Waals surface area (Å²) in [4.78, 5) is 16.8. The first kappa shape index (κ1) is 18.6. The highest BCUT2D eigenvalue weighted by Gasteiger charge is 2.17. The number of hydrogen-bond acceptors (Lipinski definition) is 7. The summed E-state index contributed by atoms with van der Waals surface area (Å²) < 4.78 is 10.6. The van der Waals surface area contributed by atoms with Crippen LogP contribution in [0.25, 0.3) is 22.4 Å². The lowest BCUT2D eigenvalue weighted by atomic mass is 10.2. The molecule has 0 saturated heterocycles. The van der Waals surface area contributed by atoms with Crippen LogP contribution in [-0.2, 0) is 4.79 Å². The summed E-state index contributed by atoms with van der Waals surface area (Å²) in [6.45, 7) is 0. The number of amides is 1. The Morgan fingerprint density at radius 3 is 2.83 bits per heavy atom. The lowest BCUT2D eigenvalue weighted by Gasteiger charge is -2.02. The number of fused-ring (bicyclic) bond motifs is 1. The van der Waals surface area contributed by atoms with Crippen LogP contribution >= 0.6 is 11.8 Å². The quantitative estimate of drug-likeness (QED) is 0.468. The summed E-state index contributed by atoms with van der Waals surface area (Å²) >= 11 is 1.19. The molecule has 0 bridgehead atoms. The van der Waals surface area contributed by atoms with Crippen molar-refractivity contribution in [2.24, 2.45) is 0 Å². The molecule has 9 heteroatoms. The molecule has 2 aromatic carbocycles. The van der Waals surface area contributed by atoms with E-state index in [0.717, 1.165) is 11.3 Å². The molecule has 0 aliphatic heterocycles. The van der Waals surface area contributed by atoms with Gasteiger partial charge in [0.1, 0.15) is 23.1 Å². The third-order valence-corrected chi connectivity index (χ3v) is 4.97.